The van der Waals surface area contributed by atoms with Crippen molar-refractivity contribution in [1.82, 2.24) is 14.1 Å². The van der Waals surface area contributed by atoms with Gasteiger partial charge >= 0.3 is 0 Å². The van der Waals surface area contributed by atoms with Crippen LogP contribution >= 0.6 is 11.6 Å². The summed E-state index contributed by atoms with van der Waals surface area (Å²) >= 11 is 5.89. The van der Waals surface area contributed by atoms with Gasteiger partial charge in [0.25, 0.3) is 0 Å². The molecule has 1 aromatic carbocycles. The molecule has 1 saturated heterocycles. The fraction of sp³-hybridized carbons (Fsp3) is 0.412. The number of halogens is 1. The van der Waals surface area contributed by atoms with Gasteiger partial charge in [-0.15, -0.1) is 0 Å². The Balaban J connectivity index is 1.79. The number of sulfonamides is 1. The maximum absolute atomic E-state index is 13.3. The van der Waals surface area contributed by atoms with E-state index in [0.29, 0.717) is 11.4 Å². The third-order valence-electron chi connectivity index (χ3n) is 5.00. The number of aromatic nitrogens is 2. The lowest BCUT2D eigenvalue weighted by atomic mass is 9.86. The van der Waals surface area contributed by atoms with Crippen molar-refractivity contribution in [3.8, 4) is 0 Å². The number of nitrogens with zero attached hydrogens (tertiary/aromatic N) is 3. The fourth-order valence-corrected chi connectivity index (χ4v) is 5.85. The van der Waals surface area contributed by atoms with Gasteiger partial charge in [0, 0.05) is 36.2 Å². The number of piperidine rings is 1. The van der Waals surface area contributed by atoms with Gasteiger partial charge < -0.3 is 0 Å². The summed E-state index contributed by atoms with van der Waals surface area (Å²) in [6, 6.07) is 5.88. The maximum atomic E-state index is 13.3. The van der Waals surface area contributed by atoms with Crippen LogP contribution < -0.4 is 0 Å². The van der Waals surface area contributed by atoms with E-state index in [2.05, 4.69) is 5.10 Å². The van der Waals surface area contributed by atoms with E-state index in [4.69, 9.17) is 11.6 Å². The first kappa shape index (κ1) is 16.8. The number of carbonyl (C=O) groups is 1. The molecule has 0 saturated carbocycles. The van der Waals surface area contributed by atoms with Crippen LogP contribution in [0.25, 0.3) is 0 Å². The summed E-state index contributed by atoms with van der Waals surface area (Å²) in [7, 11) is -3.64. The Morgan fingerprint density at radius 2 is 1.96 bits per heavy atom. The highest BCUT2D eigenvalue weighted by Gasteiger charge is 2.45. The molecule has 6 nitrogen and oxygen atoms in total. The third-order valence-corrected chi connectivity index (χ3v) is 7.23. The normalized spacial score (nSPS) is 23.3. The van der Waals surface area contributed by atoms with Crippen LogP contribution in [0.5, 0.6) is 0 Å². The molecule has 25 heavy (non-hydrogen) atoms. The zero-order chi connectivity index (χ0) is 17.8. The van der Waals surface area contributed by atoms with Crippen molar-refractivity contribution in [3.63, 3.8) is 0 Å². The van der Waals surface area contributed by atoms with Crippen LogP contribution in [-0.4, -0.2) is 34.5 Å². The van der Waals surface area contributed by atoms with E-state index in [9.17, 15) is 13.2 Å². The van der Waals surface area contributed by atoms with Gasteiger partial charge in [-0.1, -0.05) is 11.6 Å². The Morgan fingerprint density at radius 3 is 2.64 bits per heavy atom. The molecule has 0 aliphatic carbocycles. The fourth-order valence-electron chi connectivity index (χ4n) is 3.88. The molecule has 2 atom stereocenters. The Morgan fingerprint density at radius 1 is 1.24 bits per heavy atom. The Hall–Kier alpha value is -1.70. The van der Waals surface area contributed by atoms with Crippen molar-refractivity contribution in [2.24, 2.45) is 0 Å². The first-order chi connectivity index (χ1) is 11.9. The second-order valence-electron chi connectivity index (χ2n) is 6.59. The molecule has 2 aliphatic heterocycles. The first-order valence-electron chi connectivity index (χ1n) is 8.26. The minimum atomic E-state index is -3.64. The number of fused-ring (bicyclic) bond motifs is 4. The maximum Gasteiger partial charge on any atom is 0.243 e. The lowest BCUT2D eigenvalue weighted by molar-refractivity contribution is 0.0920. The number of rotatable bonds is 2. The molecule has 4 rings (SSSR count). The number of carbonyl (C=O) groups excluding carboxylic acids is 1. The largest absolute Gasteiger partial charge is 0.273 e. The van der Waals surface area contributed by atoms with Crippen LogP contribution in [0, 0.1) is 0 Å². The number of benzene rings is 1. The molecule has 2 aromatic rings. The minimum absolute atomic E-state index is 0.123. The molecule has 0 spiro atoms. The smallest absolute Gasteiger partial charge is 0.243 e. The minimum Gasteiger partial charge on any atom is -0.273 e. The lowest BCUT2D eigenvalue weighted by Crippen LogP contribution is -2.49. The molecule has 2 aliphatic rings. The summed E-state index contributed by atoms with van der Waals surface area (Å²) in [6.45, 7) is 1.45. The van der Waals surface area contributed by atoms with Crippen molar-refractivity contribution in [2.75, 3.05) is 0 Å². The third kappa shape index (κ3) is 2.70. The van der Waals surface area contributed by atoms with Gasteiger partial charge in [-0.3, -0.25) is 4.79 Å². The molecule has 0 N–H and O–H groups in total. The molecular formula is C17H18ClN3O3S. The van der Waals surface area contributed by atoms with Gasteiger partial charge in [0.1, 0.15) is 0 Å². The van der Waals surface area contributed by atoms with Gasteiger partial charge in [-0.2, -0.15) is 9.40 Å². The SMILES string of the molecule is CC(=O)n1cc2c(n1)CC1CCCC2N1S(=O)(=O)c1ccc(Cl)cc1. The van der Waals surface area contributed by atoms with Gasteiger partial charge in [0.05, 0.1) is 16.6 Å². The molecular weight excluding hydrogens is 362 g/mol. The first-order valence-corrected chi connectivity index (χ1v) is 10.1. The molecule has 1 aromatic heterocycles. The van der Waals surface area contributed by atoms with Gasteiger partial charge in [0.2, 0.25) is 15.9 Å². The standard InChI is InChI=1S/C17H18ClN3O3S/c1-11(22)20-10-15-16(19-20)9-13-3-2-4-17(15)21(13)25(23,24)14-7-5-12(18)6-8-14/h5-8,10,13,17H,2-4,9H2,1H3. The quantitative estimate of drug-likeness (QED) is 0.803. The molecule has 3 heterocycles. The average Bonchev–Trinajstić information content (AvgIpc) is 2.99. The van der Waals surface area contributed by atoms with E-state index in [1.165, 1.54) is 11.6 Å². The number of hydrogen-bond donors (Lipinski definition) is 0. The Bertz CT molecular complexity index is 937. The van der Waals surface area contributed by atoms with Crippen molar-refractivity contribution >= 4 is 27.5 Å². The highest BCUT2D eigenvalue weighted by Crippen LogP contribution is 2.44. The second kappa shape index (κ2) is 5.93. The van der Waals surface area contributed by atoms with E-state index in [0.717, 1.165) is 30.5 Å². The van der Waals surface area contributed by atoms with Crippen LogP contribution in [-0.2, 0) is 16.4 Å². The molecule has 0 amide bonds. The summed E-state index contributed by atoms with van der Waals surface area (Å²) in [6.07, 6.45) is 4.73. The molecule has 1 fully saturated rings. The zero-order valence-electron chi connectivity index (χ0n) is 13.7. The van der Waals surface area contributed by atoms with E-state index in [-0.39, 0.29) is 22.9 Å². The summed E-state index contributed by atoms with van der Waals surface area (Å²) < 4.78 is 29.4. The molecule has 2 unspecified atom stereocenters. The van der Waals surface area contributed by atoms with Crippen molar-refractivity contribution in [2.45, 2.75) is 49.6 Å². The predicted octanol–water partition coefficient (Wildman–Crippen LogP) is 3.04. The topological polar surface area (TPSA) is 72.3 Å². The van der Waals surface area contributed by atoms with Gasteiger partial charge in [-0.05, 0) is 43.5 Å². The predicted molar refractivity (Wildman–Crippen MR) is 93.1 cm³/mol. The highest BCUT2D eigenvalue weighted by molar-refractivity contribution is 7.89. The van der Waals surface area contributed by atoms with E-state index in [1.54, 1.807) is 34.8 Å². The monoisotopic (exact) mass is 379 g/mol. The second-order valence-corrected chi connectivity index (χ2v) is 8.87. The Labute approximate surface area is 151 Å². The van der Waals surface area contributed by atoms with Crippen molar-refractivity contribution in [3.05, 3.63) is 46.7 Å². The molecule has 8 heteroatoms. The highest BCUT2D eigenvalue weighted by atomic mass is 35.5. The van der Waals surface area contributed by atoms with Crippen molar-refractivity contribution < 1.29 is 13.2 Å². The summed E-state index contributed by atoms with van der Waals surface area (Å²) in [5, 5.41) is 4.86. The van der Waals surface area contributed by atoms with Crippen molar-refractivity contribution in [1.29, 1.82) is 0 Å². The molecule has 0 radical (unpaired) electrons. The number of hydrogen-bond acceptors (Lipinski definition) is 4. The average molecular weight is 380 g/mol. The lowest BCUT2D eigenvalue weighted by Gasteiger charge is -2.44. The van der Waals surface area contributed by atoms with E-state index < -0.39 is 10.0 Å². The van der Waals surface area contributed by atoms with Crippen LogP contribution in [0.2, 0.25) is 5.02 Å². The van der Waals surface area contributed by atoms with Crippen LogP contribution in [0.4, 0.5) is 0 Å². The zero-order valence-corrected chi connectivity index (χ0v) is 15.3. The van der Waals surface area contributed by atoms with Crippen LogP contribution in [0.1, 0.15) is 48.3 Å². The molecule has 2 bridgehead atoms. The van der Waals surface area contributed by atoms with Crippen LogP contribution in [0.15, 0.2) is 35.4 Å². The van der Waals surface area contributed by atoms with Crippen LogP contribution in [0.3, 0.4) is 0 Å². The summed E-state index contributed by atoms with van der Waals surface area (Å²) in [5.41, 5.74) is 1.69. The van der Waals surface area contributed by atoms with Gasteiger partial charge in [0.15, 0.2) is 0 Å². The summed E-state index contributed by atoms with van der Waals surface area (Å²) in [4.78, 5) is 11.9. The van der Waals surface area contributed by atoms with Gasteiger partial charge in [-0.25, -0.2) is 13.1 Å². The van der Waals surface area contributed by atoms with E-state index in [1.807, 2.05) is 0 Å². The molecule has 132 valence electrons. The Kier molecular flexibility index (Phi) is 3.97. The van der Waals surface area contributed by atoms with E-state index >= 15 is 0 Å². The summed E-state index contributed by atoms with van der Waals surface area (Å²) in [5.74, 6) is -0.170.